The van der Waals surface area contributed by atoms with E-state index in [1.807, 2.05) is 64.5 Å². The monoisotopic (exact) mass is 456 g/mol. The van der Waals surface area contributed by atoms with Gasteiger partial charge in [0, 0.05) is 22.5 Å². The Kier molecular flexibility index (Phi) is 6.37. The SMILES string of the molecule is COc1cccc(NC(=O)CSc2nnc(-c3cccs3)n2-c2ccc(Cl)cc2)c1. The van der Waals surface area contributed by atoms with Crippen LogP contribution in [0.4, 0.5) is 5.69 Å². The van der Waals surface area contributed by atoms with E-state index in [0.29, 0.717) is 21.6 Å². The third-order valence-electron chi connectivity index (χ3n) is 4.15. The van der Waals surface area contributed by atoms with Crippen molar-refractivity contribution in [2.75, 3.05) is 18.2 Å². The Morgan fingerprint density at radius 1 is 1.17 bits per heavy atom. The lowest BCUT2D eigenvalue weighted by Gasteiger charge is -2.10. The maximum absolute atomic E-state index is 12.5. The summed E-state index contributed by atoms with van der Waals surface area (Å²) >= 11 is 8.95. The topological polar surface area (TPSA) is 69.0 Å². The number of amides is 1. The number of rotatable bonds is 7. The first-order valence-electron chi connectivity index (χ1n) is 8.96. The minimum atomic E-state index is -0.142. The summed E-state index contributed by atoms with van der Waals surface area (Å²) < 4.78 is 7.13. The molecule has 0 radical (unpaired) electrons. The molecule has 9 heteroatoms. The molecule has 1 N–H and O–H groups in total. The largest absolute Gasteiger partial charge is 0.497 e. The van der Waals surface area contributed by atoms with E-state index in [2.05, 4.69) is 15.5 Å². The van der Waals surface area contributed by atoms with Gasteiger partial charge < -0.3 is 10.1 Å². The van der Waals surface area contributed by atoms with Crippen molar-refractivity contribution in [3.8, 4) is 22.1 Å². The van der Waals surface area contributed by atoms with Crippen LogP contribution in [0.1, 0.15) is 0 Å². The van der Waals surface area contributed by atoms with E-state index >= 15 is 0 Å². The minimum absolute atomic E-state index is 0.142. The molecule has 6 nitrogen and oxygen atoms in total. The molecule has 0 fully saturated rings. The number of halogens is 1. The minimum Gasteiger partial charge on any atom is -0.497 e. The molecule has 4 rings (SSSR count). The van der Waals surface area contributed by atoms with Gasteiger partial charge in [-0.25, -0.2) is 0 Å². The van der Waals surface area contributed by atoms with Crippen LogP contribution >= 0.6 is 34.7 Å². The first-order valence-corrected chi connectivity index (χ1v) is 11.2. The summed E-state index contributed by atoms with van der Waals surface area (Å²) in [6.07, 6.45) is 0. The Balaban J connectivity index is 1.55. The van der Waals surface area contributed by atoms with Crippen LogP contribution in [-0.2, 0) is 4.79 Å². The fourth-order valence-corrected chi connectivity index (χ4v) is 4.36. The van der Waals surface area contributed by atoms with Crippen molar-refractivity contribution in [1.29, 1.82) is 0 Å². The van der Waals surface area contributed by atoms with Gasteiger partial charge >= 0.3 is 0 Å². The number of thioether (sulfide) groups is 1. The number of methoxy groups -OCH3 is 1. The molecule has 2 heterocycles. The Hall–Kier alpha value is -2.81. The van der Waals surface area contributed by atoms with Gasteiger partial charge in [0.25, 0.3) is 0 Å². The standard InChI is InChI=1S/C21H17ClN4O2S2/c1-28-17-5-2-4-15(12-17)23-19(27)13-30-21-25-24-20(18-6-3-11-29-18)26(21)16-9-7-14(22)8-10-16/h2-12H,13H2,1H3,(H,23,27). The van der Waals surface area contributed by atoms with Crippen molar-refractivity contribution in [3.05, 3.63) is 71.1 Å². The molecule has 2 aromatic carbocycles. The number of carbonyl (C=O) groups excluding carboxylic acids is 1. The van der Waals surface area contributed by atoms with Gasteiger partial charge in [-0.15, -0.1) is 21.5 Å². The van der Waals surface area contributed by atoms with Gasteiger partial charge in [-0.1, -0.05) is 35.5 Å². The van der Waals surface area contributed by atoms with Gasteiger partial charge in [0.1, 0.15) is 5.75 Å². The third-order valence-corrected chi connectivity index (χ3v) is 6.19. The molecular formula is C21H17ClN4O2S2. The van der Waals surface area contributed by atoms with Gasteiger partial charge in [-0.2, -0.15) is 0 Å². The van der Waals surface area contributed by atoms with Crippen LogP contribution in [0.2, 0.25) is 5.02 Å². The van der Waals surface area contributed by atoms with E-state index in [0.717, 1.165) is 16.4 Å². The number of ether oxygens (including phenoxy) is 1. The van der Waals surface area contributed by atoms with Crippen molar-refractivity contribution in [2.45, 2.75) is 5.16 Å². The number of benzene rings is 2. The van der Waals surface area contributed by atoms with Crippen molar-refractivity contribution in [1.82, 2.24) is 14.8 Å². The normalized spacial score (nSPS) is 10.7. The zero-order valence-electron chi connectivity index (χ0n) is 15.9. The summed E-state index contributed by atoms with van der Waals surface area (Å²) in [5.74, 6) is 1.45. The van der Waals surface area contributed by atoms with E-state index in [1.54, 1.807) is 24.5 Å². The summed E-state index contributed by atoms with van der Waals surface area (Å²) in [5.41, 5.74) is 1.56. The molecule has 0 atom stereocenters. The quantitative estimate of drug-likeness (QED) is 0.377. The second-order valence-electron chi connectivity index (χ2n) is 6.16. The van der Waals surface area contributed by atoms with Crippen LogP contribution in [0, 0.1) is 0 Å². The number of aromatic nitrogens is 3. The zero-order valence-corrected chi connectivity index (χ0v) is 18.3. The molecule has 0 aliphatic rings. The van der Waals surface area contributed by atoms with Gasteiger partial charge in [0.2, 0.25) is 5.91 Å². The first kappa shape index (κ1) is 20.5. The van der Waals surface area contributed by atoms with E-state index < -0.39 is 0 Å². The van der Waals surface area contributed by atoms with Crippen LogP contribution in [0.5, 0.6) is 5.75 Å². The Bertz CT molecular complexity index is 1140. The molecule has 4 aromatic rings. The predicted molar refractivity (Wildman–Crippen MR) is 122 cm³/mol. The molecule has 0 unspecified atom stereocenters. The Morgan fingerprint density at radius 2 is 2.00 bits per heavy atom. The summed E-state index contributed by atoms with van der Waals surface area (Å²) in [4.78, 5) is 13.5. The number of nitrogens with zero attached hydrogens (tertiary/aromatic N) is 3. The Labute approximate surface area is 186 Å². The number of hydrogen-bond donors (Lipinski definition) is 1. The number of nitrogens with one attached hydrogen (secondary N) is 1. The van der Waals surface area contributed by atoms with E-state index in [-0.39, 0.29) is 11.7 Å². The third kappa shape index (κ3) is 4.67. The second kappa shape index (κ2) is 9.34. The lowest BCUT2D eigenvalue weighted by atomic mass is 10.3. The maximum Gasteiger partial charge on any atom is 0.234 e. The highest BCUT2D eigenvalue weighted by Gasteiger charge is 2.18. The van der Waals surface area contributed by atoms with Crippen molar-refractivity contribution in [2.24, 2.45) is 0 Å². The van der Waals surface area contributed by atoms with Crippen LogP contribution in [0.3, 0.4) is 0 Å². The smallest absolute Gasteiger partial charge is 0.234 e. The van der Waals surface area contributed by atoms with Gasteiger partial charge in [-0.3, -0.25) is 9.36 Å². The lowest BCUT2D eigenvalue weighted by Crippen LogP contribution is -2.14. The van der Waals surface area contributed by atoms with Crippen LogP contribution in [0.25, 0.3) is 16.4 Å². The van der Waals surface area contributed by atoms with Crippen molar-refractivity contribution < 1.29 is 9.53 Å². The number of thiophene rings is 1. The molecule has 30 heavy (non-hydrogen) atoms. The summed E-state index contributed by atoms with van der Waals surface area (Å²) in [5, 5.41) is 14.8. The van der Waals surface area contributed by atoms with E-state index in [1.165, 1.54) is 11.8 Å². The highest BCUT2D eigenvalue weighted by atomic mass is 35.5. The van der Waals surface area contributed by atoms with Crippen LogP contribution in [0.15, 0.2) is 71.2 Å². The molecule has 0 aliphatic heterocycles. The molecule has 0 aliphatic carbocycles. The summed E-state index contributed by atoms with van der Waals surface area (Å²) in [6.45, 7) is 0. The molecule has 0 spiro atoms. The maximum atomic E-state index is 12.5. The van der Waals surface area contributed by atoms with Gasteiger partial charge in [0.15, 0.2) is 11.0 Å². The number of hydrogen-bond acceptors (Lipinski definition) is 6. The molecular weight excluding hydrogens is 440 g/mol. The second-order valence-corrected chi connectivity index (χ2v) is 8.49. The molecule has 0 saturated heterocycles. The molecule has 2 aromatic heterocycles. The lowest BCUT2D eigenvalue weighted by molar-refractivity contribution is -0.113. The van der Waals surface area contributed by atoms with Crippen LogP contribution < -0.4 is 10.1 Å². The highest BCUT2D eigenvalue weighted by Crippen LogP contribution is 2.31. The fourth-order valence-electron chi connectivity index (χ4n) is 2.78. The number of carbonyl (C=O) groups is 1. The zero-order chi connectivity index (χ0) is 20.9. The van der Waals surface area contributed by atoms with E-state index in [9.17, 15) is 4.79 Å². The predicted octanol–water partition coefficient (Wildman–Crippen LogP) is 5.39. The van der Waals surface area contributed by atoms with Gasteiger partial charge in [-0.05, 0) is 47.8 Å². The van der Waals surface area contributed by atoms with Crippen molar-refractivity contribution in [3.63, 3.8) is 0 Å². The average Bonchev–Trinajstić information content (AvgIpc) is 3.43. The van der Waals surface area contributed by atoms with Crippen molar-refractivity contribution >= 4 is 46.3 Å². The van der Waals surface area contributed by atoms with Gasteiger partial charge in [0.05, 0.1) is 17.7 Å². The Morgan fingerprint density at radius 3 is 2.73 bits per heavy atom. The number of anilines is 1. The molecule has 152 valence electrons. The average molecular weight is 457 g/mol. The summed E-state index contributed by atoms with van der Waals surface area (Å²) in [6, 6.07) is 18.6. The molecule has 0 saturated carbocycles. The van der Waals surface area contributed by atoms with Crippen LogP contribution in [-0.4, -0.2) is 33.5 Å². The molecule has 0 bridgehead atoms. The summed E-state index contributed by atoms with van der Waals surface area (Å²) in [7, 11) is 1.59. The molecule has 1 amide bonds. The highest BCUT2D eigenvalue weighted by molar-refractivity contribution is 7.99. The fraction of sp³-hybridized carbons (Fsp3) is 0.0952. The van der Waals surface area contributed by atoms with E-state index in [4.69, 9.17) is 16.3 Å². The first-order chi connectivity index (χ1) is 14.6.